The van der Waals surface area contributed by atoms with Crippen molar-refractivity contribution < 1.29 is 9.13 Å². The highest BCUT2D eigenvalue weighted by atomic mass is 19.1. The van der Waals surface area contributed by atoms with Crippen molar-refractivity contribution in [3.05, 3.63) is 47.8 Å². The summed E-state index contributed by atoms with van der Waals surface area (Å²) in [7, 11) is 0. The second-order valence-electron chi connectivity index (χ2n) is 4.99. The van der Waals surface area contributed by atoms with Crippen molar-refractivity contribution in [1.29, 1.82) is 0 Å². The Morgan fingerprint density at radius 2 is 2.20 bits per heavy atom. The summed E-state index contributed by atoms with van der Waals surface area (Å²) in [6, 6.07) is 4.73. The smallest absolute Gasteiger partial charge is 0.127 e. The molecular formula is C15H20FN3O. The van der Waals surface area contributed by atoms with Gasteiger partial charge in [-0.25, -0.2) is 9.37 Å². The number of aryl methyl sites for hydroxylation is 1. The summed E-state index contributed by atoms with van der Waals surface area (Å²) in [6.45, 7) is 4.99. The molecule has 0 saturated carbocycles. The molecule has 1 atom stereocenters. The molecule has 1 heterocycles. The van der Waals surface area contributed by atoms with E-state index in [-0.39, 0.29) is 11.9 Å². The number of aromatic nitrogens is 2. The van der Waals surface area contributed by atoms with Crippen LogP contribution in [-0.4, -0.2) is 22.2 Å². The summed E-state index contributed by atoms with van der Waals surface area (Å²) in [4.78, 5) is 4.14. The van der Waals surface area contributed by atoms with E-state index in [1.807, 2.05) is 30.7 Å². The Hall–Kier alpha value is -1.88. The predicted octanol–water partition coefficient (Wildman–Crippen LogP) is 2.30. The second kappa shape index (κ2) is 6.52. The first kappa shape index (κ1) is 14.5. The number of imidazole rings is 1. The zero-order valence-corrected chi connectivity index (χ0v) is 11.8. The Morgan fingerprint density at radius 1 is 1.40 bits per heavy atom. The first-order valence-electron chi connectivity index (χ1n) is 6.70. The average molecular weight is 277 g/mol. The van der Waals surface area contributed by atoms with Crippen LogP contribution in [0.2, 0.25) is 0 Å². The van der Waals surface area contributed by atoms with Gasteiger partial charge in [-0.3, -0.25) is 0 Å². The highest BCUT2D eigenvalue weighted by Crippen LogP contribution is 2.17. The Labute approximate surface area is 118 Å². The van der Waals surface area contributed by atoms with Crippen LogP contribution in [0, 0.1) is 12.7 Å². The van der Waals surface area contributed by atoms with Crippen LogP contribution in [0.25, 0.3) is 0 Å². The number of benzene rings is 1. The monoisotopic (exact) mass is 277 g/mol. The molecule has 0 aliphatic carbocycles. The number of nitrogens with two attached hydrogens (primary N) is 1. The van der Waals surface area contributed by atoms with Crippen LogP contribution in [0.1, 0.15) is 18.3 Å². The number of nitrogens with zero attached hydrogens (tertiary/aromatic N) is 2. The topological polar surface area (TPSA) is 53.1 Å². The lowest BCUT2D eigenvalue weighted by Gasteiger charge is -2.11. The largest absolute Gasteiger partial charge is 0.492 e. The van der Waals surface area contributed by atoms with Crippen molar-refractivity contribution in [2.45, 2.75) is 32.9 Å². The van der Waals surface area contributed by atoms with E-state index < -0.39 is 0 Å². The molecule has 1 aromatic carbocycles. The van der Waals surface area contributed by atoms with Gasteiger partial charge < -0.3 is 15.0 Å². The van der Waals surface area contributed by atoms with Crippen molar-refractivity contribution in [3.8, 4) is 5.75 Å². The zero-order valence-electron chi connectivity index (χ0n) is 11.8. The Kier molecular flexibility index (Phi) is 4.74. The summed E-state index contributed by atoms with van der Waals surface area (Å²) in [5, 5.41) is 0. The first-order valence-corrected chi connectivity index (χ1v) is 6.70. The number of hydrogen-bond acceptors (Lipinski definition) is 3. The third-order valence-electron chi connectivity index (χ3n) is 3.01. The van der Waals surface area contributed by atoms with Crippen LogP contribution in [0.3, 0.4) is 0 Å². The van der Waals surface area contributed by atoms with Crippen LogP contribution >= 0.6 is 0 Å². The molecule has 20 heavy (non-hydrogen) atoms. The molecule has 5 heteroatoms. The van der Waals surface area contributed by atoms with E-state index in [1.54, 1.807) is 6.20 Å². The van der Waals surface area contributed by atoms with Gasteiger partial charge in [0.05, 0.1) is 6.54 Å². The van der Waals surface area contributed by atoms with Crippen molar-refractivity contribution >= 4 is 0 Å². The van der Waals surface area contributed by atoms with E-state index in [9.17, 15) is 4.39 Å². The molecule has 1 aromatic heterocycles. The summed E-state index contributed by atoms with van der Waals surface area (Å²) < 4.78 is 21.1. The molecule has 0 spiro atoms. The maximum Gasteiger partial charge on any atom is 0.127 e. The highest BCUT2D eigenvalue weighted by molar-refractivity contribution is 5.30. The van der Waals surface area contributed by atoms with Crippen molar-refractivity contribution in [3.63, 3.8) is 0 Å². The zero-order chi connectivity index (χ0) is 14.5. The van der Waals surface area contributed by atoms with Gasteiger partial charge in [-0.1, -0.05) is 0 Å². The van der Waals surface area contributed by atoms with Gasteiger partial charge in [-0.05, 0) is 38.0 Å². The third kappa shape index (κ3) is 4.06. The van der Waals surface area contributed by atoms with E-state index in [2.05, 4.69) is 4.98 Å². The second-order valence-corrected chi connectivity index (χ2v) is 4.99. The van der Waals surface area contributed by atoms with E-state index in [0.29, 0.717) is 25.3 Å². The minimum atomic E-state index is -0.294. The van der Waals surface area contributed by atoms with Crippen LogP contribution in [-0.2, 0) is 13.0 Å². The van der Waals surface area contributed by atoms with E-state index in [1.165, 1.54) is 12.1 Å². The lowest BCUT2D eigenvalue weighted by atomic mass is 10.1. The molecule has 1 unspecified atom stereocenters. The third-order valence-corrected chi connectivity index (χ3v) is 3.01. The van der Waals surface area contributed by atoms with Gasteiger partial charge >= 0.3 is 0 Å². The first-order chi connectivity index (χ1) is 9.54. The molecule has 108 valence electrons. The summed E-state index contributed by atoms with van der Waals surface area (Å²) in [5.41, 5.74) is 6.59. The van der Waals surface area contributed by atoms with Crippen LogP contribution in [0.5, 0.6) is 5.75 Å². The van der Waals surface area contributed by atoms with Gasteiger partial charge in [0.15, 0.2) is 0 Å². The molecule has 0 aliphatic heterocycles. The number of ether oxygens (including phenoxy) is 1. The van der Waals surface area contributed by atoms with E-state index in [0.717, 1.165) is 11.4 Å². The molecule has 0 bridgehead atoms. The molecular weight excluding hydrogens is 257 g/mol. The van der Waals surface area contributed by atoms with Gasteiger partial charge in [-0.2, -0.15) is 0 Å². The van der Waals surface area contributed by atoms with Crippen molar-refractivity contribution in [2.75, 3.05) is 6.61 Å². The summed E-state index contributed by atoms with van der Waals surface area (Å²) in [6.07, 6.45) is 4.28. The van der Waals surface area contributed by atoms with Crippen LogP contribution in [0.4, 0.5) is 4.39 Å². The maximum atomic E-state index is 13.5. The molecule has 0 fully saturated rings. The lowest BCUT2D eigenvalue weighted by Crippen LogP contribution is -2.18. The lowest BCUT2D eigenvalue weighted by molar-refractivity contribution is 0.295. The number of hydrogen-bond donors (Lipinski definition) is 1. The molecule has 0 amide bonds. The fourth-order valence-corrected chi connectivity index (χ4v) is 2.10. The van der Waals surface area contributed by atoms with Gasteiger partial charge in [0.25, 0.3) is 0 Å². The Balaban J connectivity index is 1.95. The van der Waals surface area contributed by atoms with E-state index >= 15 is 0 Å². The van der Waals surface area contributed by atoms with E-state index in [4.69, 9.17) is 10.5 Å². The Bertz CT molecular complexity index is 566. The van der Waals surface area contributed by atoms with Gasteiger partial charge in [0.1, 0.15) is 24.0 Å². The molecule has 0 radical (unpaired) electrons. The predicted molar refractivity (Wildman–Crippen MR) is 76.2 cm³/mol. The molecule has 4 nitrogen and oxygen atoms in total. The maximum absolute atomic E-state index is 13.5. The van der Waals surface area contributed by atoms with Crippen molar-refractivity contribution in [1.82, 2.24) is 9.55 Å². The number of halogens is 1. The normalized spacial score (nSPS) is 12.4. The quantitative estimate of drug-likeness (QED) is 0.881. The minimum absolute atomic E-state index is 0.00162. The molecule has 2 rings (SSSR count). The van der Waals surface area contributed by atoms with Gasteiger partial charge in [0.2, 0.25) is 0 Å². The molecule has 0 saturated heterocycles. The Morgan fingerprint density at radius 3 is 2.85 bits per heavy atom. The standard InChI is InChI=1S/C15H20FN3O/c1-11(17)7-13-8-14(16)10-15(9-13)20-6-5-19-4-3-18-12(19)2/h3-4,8-11H,5-7,17H2,1-2H3. The molecule has 2 N–H and O–H groups in total. The fraction of sp³-hybridized carbons (Fsp3) is 0.400. The SMILES string of the molecule is Cc1nccn1CCOc1cc(F)cc(CC(C)N)c1. The summed E-state index contributed by atoms with van der Waals surface area (Å²) >= 11 is 0. The molecule has 2 aromatic rings. The van der Waals surface area contributed by atoms with Crippen molar-refractivity contribution in [2.24, 2.45) is 5.73 Å². The minimum Gasteiger partial charge on any atom is -0.492 e. The highest BCUT2D eigenvalue weighted by Gasteiger charge is 2.05. The average Bonchev–Trinajstić information content (AvgIpc) is 2.73. The van der Waals surface area contributed by atoms with Gasteiger partial charge in [0, 0.05) is 24.5 Å². The van der Waals surface area contributed by atoms with Crippen LogP contribution in [0.15, 0.2) is 30.6 Å². The van der Waals surface area contributed by atoms with Gasteiger partial charge in [-0.15, -0.1) is 0 Å². The number of rotatable bonds is 6. The molecule has 0 aliphatic rings. The van der Waals surface area contributed by atoms with Crippen LogP contribution < -0.4 is 10.5 Å². The summed E-state index contributed by atoms with van der Waals surface area (Å²) in [5.74, 6) is 1.18. The fourth-order valence-electron chi connectivity index (χ4n) is 2.10.